The molecular weight excluding hydrogens is 424 g/mol. The quantitative estimate of drug-likeness (QED) is 0.616. The number of carbonyl (C=O) groups excluding carboxylic acids is 2. The predicted molar refractivity (Wildman–Crippen MR) is 119 cm³/mol. The summed E-state index contributed by atoms with van der Waals surface area (Å²) in [7, 11) is 0. The van der Waals surface area contributed by atoms with Crippen molar-refractivity contribution in [2.24, 2.45) is 0 Å². The fourth-order valence-electron chi connectivity index (χ4n) is 4.26. The summed E-state index contributed by atoms with van der Waals surface area (Å²) in [5.74, 6) is 3.21. The van der Waals surface area contributed by atoms with Gasteiger partial charge < -0.3 is 25.2 Å². The van der Waals surface area contributed by atoms with E-state index in [1.54, 1.807) is 0 Å². The summed E-state index contributed by atoms with van der Waals surface area (Å²) in [4.78, 5) is 36.7. The summed E-state index contributed by atoms with van der Waals surface area (Å²) in [6, 6.07) is 16.1. The van der Waals surface area contributed by atoms with Gasteiger partial charge in [-0.1, -0.05) is 54.5 Å². The number of likely N-dealkylation sites (tertiary alicyclic amines) is 1. The van der Waals surface area contributed by atoms with E-state index in [0.717, 1.165) is 22.3 Å². The van der Waals surface area contributed by atoms with E-state index in [1.807, 2.05) is 36.4 Å². The Labute approximate surface area is 191 Å². The average Bonchev–Trinajstić information content (AvgIpc) is 3.14. The van der Waals surface area contributed by atoms with Crippen LogP contribution in [-0.2, 0) is 14.3 Å². The number of aliphatic hydroxyl groups is 1. The van der Waals surface area contributed by atoms with Gasteiger partial charge >= 0.3 is 12.1 Å². The van der Waals surface area contributed by atoms with Crippen molar-refractivity contribution in [3.8, 4) is 23.0 Å². The Kier molecular flexibility index (Phi) is 6.33. The zero-order valence-electron chi connectivity index (χ0n) is 17.9. The number of hydrogen-bond donors (Lipinski definition) is 3. The predicted octanol–water partition coefficient (Wildman–Crippen LogP) is 1.97. The van der Waals surface area contributed by atoms with Crippen molar-refractivity contribution in [2.45, 2.75) is 24.4 Å². The summed E-state index contributed by atoms with van der Waals surface area (Å²) in [5, 5.41) is 21.5. The average molecular weight is 448 g/mol. The summed E-state index contributed by atoms with van der Waals surface area (Å²) in [5.41, 5.74) is 2.73. The number of piperidine rings is 1. The lowest BCUT2D eigenvalue weighted by molar-refractivity contribution is -0.164. The highest BCUT2D eigenvalue weighted by molar-refractivity contribution is 5.94. The molecule has 2 amide bonds. The van der Waals surface area contributed by atoms with Gasteiger partial charge in [0.25, 0.3) is 5.91 Å². The fraction of sp³-hybridized carbons (Fsp3) is 0.320. The molecule has 0 saturated carbocycles. The first-order chi connectivity index (χ1) is 15.9. The molecule has 2 aromatic carbocycles. The first kappa shape index (κ1) is 22.4. The van der Waals surface area contributed by atoms with Crippen LogP contribution in [-0.4, -0.2) is 64.9 Å². The standard InChI is InChI=1S/C25H24N2O6/c28-22(27-14-11-25(32,12-15-27)23(29)30)10-5-13-26-24(31)33-16-21-19-8-3-1-6-17(19)18-7-2-4-9-20(18)21/h1-4,6-9,21,32H,11-16H2,(H,26,31)(H,29,30). The van der Waals surface area contributed by atoms with Crippen molar-refractivity contribution in [1.82, 2.24) is 10.2 Å². The molecule has 4 rings (SSSR count). The van der Waals surface area contributed by atoms with Crippen LogP contribution in [0, 0.1) is 11.8 Å². The molecule has 0 aromatic heterocycles. The number of aliphatic carboxylic acids is 1. The van der Waals surface area contributed by atoms with E-state index < -0.39 is 23.6 Å². The third-order valence-corrected chi connectivity index (χ3v) is 6.14. The molecule has 0 spiro atoms. The van der Waals surface area contributed by atoms with Crippen LogP contribution in [0.2, 0.25) is 0 Å². The van der Waals surface area contributed by atoms with Crippen LogP contribution in [0.3, 0.4) is 0 Å². The molecule has 0 bridgehead atoms. The second-order valence-electron chi connectivity index (χ2n) is 8.11. The number of carbonyl (C=O) groups is 3. The molecule has 1 saturated heterocycles. The van der Waals surface area contributed by atoms with Gasteiger partial charge in [0, 0.05) is 31.8 Å². The van der Waals surface area contributed by atoms with Crippen molar-refractivity contribution in [3.63, 3.8) is 0 Å². The monoisotopic (exact) mass is 448 g/mol. The molecule has 1 aliphatic carbocycles. The maximum absolute atomic E-state index is 12.1. The summed E-state index contributed by atoms with van der Waals surface area (Å²) in [6.07, 6.45) is -0.718. The SMILES string of the molecule is O=C(NCC#CC(=O)N1CCC(O)(C(=O)O)CC1)OCC1c2ccccc2-c2ccccc21. The second kappa shape index (κ2) is 9.35. The highest BCUT2D eigenvalue weighted by Gasteiger charge is 2.40. The van der Waals surface area contributed by atoms with E-state index in [0.29, 0.717) is 0 Å². The topological polar surface area (TPSA) is 116 Å². The largest absolute Gasteiger partial charge is 0.479 e. The minimum absolute atomic E-state index is 0.0423. The van der Waals surface area contributed by atoms with Crippen LogP contribution in [0.25, 0.3) is 11.1 Å². The lowest BCUT2D eigenvalue weighted by Crippen LogP contribution is -2.50. The Morgan fingerprint density at radius 1 is 1.03 bits per heavy atom. The molecule has 170 valence electrons. The van der Waals surface area contributed by atoms with Crippen LogP contribution >= 0.6 is 0 Å². The second-order valence-corrected chi connectivity index (χ2v) is 8.11. The first-order valence-corrected chi connectivity index (χ1v) is 10.7. The minimum atomic E-state index is -1.80. The van der Waals surface area contributed by atoms with Crippen LogP contribution in [0.1, 0.15) is 29.9 Å². The summed E-state index contributed by atoms with van der Waals surface area (Å²) >= 11 is 0. The third-order valence-electron chi connectivity index (χ3n) is 6.14. The van der Waals surface area contributed by atoms with Gasteiger partial charge in [0.1, 0.15) is 6.61 Å². The van der Waals surface area contributed by atoms with E-state index in [9.17, 15) is 19.5 Å². The van der Waals surface area contributed by atoms with Crippen molar-refractivity contribution < 1.29 is 29.3 Å². The van der Waals surface area contributed by atoms with Crippen molar-refractivity contribution in [1.29, 1.82) is 0 Å². The number of amides is 2. The highest BCUT2D eigenvalue weighted by atomic mass is 16.5. The molecule has 8 nitrogen and oxygen atoms in total. The Morgan fingerprint density at radius 2 is 1.61 bits per heavy atom. The number of ether oxygens (including phenoxy) is 1. The van der Waals surface area contributed by atoms with Gasteiger partial charge in [-0.15, -0.1) is 0 Å². The molecule has 2 aromatic rings. The number of nitrogens with zero attached hydrogens (tertiary/aromatic N) is 1. The Bertz CT molecular complexity index is 1100. The van der Waals surface area contributed by atoms with E-state index >= 15 is 0 Å². The lowest BCUT2D eigenvalue weighted by Gasteiger charge is -2.34. The molecule has 33 heavy (non-hydrogen) atoms. The molecule has 3 N–H and O–H groups in total. The van der Waals surface area contributed by atoms with Crippen molar-refractivity contribution in [3.05, 3.63) is 59.7 Å². The molecule has 1 heterocycles. The number of alkyl carbamates (subject to hydrolysis) is 1. The summed E-state index contributed by atoms with van der Waals surface area (Å²) < 4.78 is 5.41. The lowest BCUT2D eigenvalue weighted by atomic mass is 9.91. The van der Waals surface area contributed by atoms with Gasteiger partial charge in [-0.2, -0.15) is 0 Å². The van der Waals surface area contributed by atoms with Crippen LogP contribution in [0.5, 0.6) is 0 Å². The number of nitrogens with one attached hydrogen (secondary N) is 1. The van der Waals surface area contributed by atoms with Crippen LogP contribution in [0.15, 0.2) is 48.5 Å². The van der Waals surface area contributed by atoms with Gasteiger partial charge in [0.15, 0.2) is 5.60 Å². The van der Waals surface area contributed by atoms with Gasteiger partial charge in [0.2, 0.25) is 0 Å². The third kappa shape index (κ3) is 4.69. The number of fused-ring (bicyclic) bond motifs is 3. The molecule has 0 radical (unpaired) electrons. The van der Waals surface area contributed by atoms with Gasteiger partial charge in [-0.05, 0) is 28.2 Å². The maximum atomic E-state index is 12.1. The van der Waals surface area contributed by atoms with E-state index in [2.05, 4.69) is 29.3 Å². The number of hydrogen-bond acceptors (Lipinski definition) is 5. The zero-order valence-corrected chi connectivity index (χ0v) is 17.9. The molecule has 0 unspecified atom stereocenters. The summed E-state index contributed by atoms with van der Waals surface area (Å²) in [6.45, 7) is 0.341. The molecule has 2 aliphatic rings. The normalized spacial score (nSPS) is 16.1. The van der Waals surface area contributed by atoms with E-state index in [-0.39, 0.29) is 45.0 Å². The molecule has 1 fully saturated rings. The van der Waals surface area contributed by atoms with Crippen LogP contribution < -0.4 is 5.32 Å². The minimum Gasteiger partial charge on any atom is -0.479 e. The number of carboxylic acid groups (broad SMARTS) is 1. The molecule has 8 heteroatoms. The fourth-order valence-corrected chi connectivity index (χ4v) is 4.26. The number of carboxylic acids is 1. The zero-order chi connectivity index (χ0) is 23.4. The van der Waals surface area contributed by atoms with Gasteiger partial charge in [-0.25, -0.2) is 9.59 Å². The van der Waals surface area contributed by atoms with Crippen molar-refractivity contribution in [2.75, 3.05) is 26.2 Å². The van der Waals surface area contributed by atoms with Crippen molar-refractivity contribution >= 4 is 18.0 Å². The smallest absolute Gasteiger partial charge is 0.407 e. The molecular formula is C25H24N2O6. The maximum Gasteiger partial charge on any atom is 0.407 e. The van der Waals surface area contributed by atoms with E-state index in [1.165, 1.54) is 4.90 Å². The van der Waals surface area contributed by atoms with Gasteiger partial charge in [0.05, 0.1) is 6.54 Å². The highest BCUT2D eigenvalue weighted by Crippen LogP contribution is 2.44. The Balaban J connectivity index is 1.25. The number of benzene rings is 2. The van der Waals surface area contributed by atoms with Gasteiger partial charge in [-0.3, -0.25) is 4.79 Å². The Hall–Kier alpha value is -3.83. The van der Waals surface area contributed by atoms with Crippen LogP contribution in [0.4, 0.5) is 4.79 Å². The van der Waals surface area contributed by atoms with E-state index in [4.69, 9.17) is 9.84 Å². The Morgan fingerprint density at radius 3 is 2.18 bits per heavy atom. The molecule has 1 aliphatic heterocycles. The number of rotatable bonds is 4. The first-order valence-electron chi connectivity index (χ1n) is 10.7. The molecule has 0 atom stereocenters.